The molecule has 204 valence electrons. The normalized spacial score (nSPS) is 16.0. The second kappa shape index (κ2) is 10.6. The van der Waals surface area contributed by atoms with Crippen LogP contribution in [0.1, 0.15) is 23.0 Å². The summed E-state index contributed by atoms with van der Waals surface area (Å²) >= 11 is 0. The van der Waals surface area contributed by atoms with Gasteiger partial charge in [-0.2, -0.15) is 0 Å². The van der Waals surface area contributed by atoms with Crippen molar-refractivity contribution >= 4 is 27.6 Å². The fraction of sp³-hybridized carbons (Fsp3) is 0.176. The Balaban J connectivity index is 1.18. The lowest BCUT2D eigenvalue weighted by Gasteiger charge is -2.40. The lowest BCUT2D eigenvalue weighted by Crippen LogP contribution is -2.51. The van der Waals surface area contributed by atoms with Gasteiger partial charge in [-0.05, 0) is 46.2 Å². The number of carbonyl (C=O) groups is 1. The number of nitrogens with one attached hydrogen (secondary N) is 2. The van der Waals surface area contributed by atoms with Crippen molar-refractivity contribution in [2.24, 2.45) is 0 Å². The van der Waals surface area contributed by atoms with Gasteiger partial charge in [-0.3, -0.25) is 9.69 Å². The smallest absolute Gasteiger partial charge is 0.227 e. The zero-order valence-electron chi connectivity index (χ0n) is 22.6. The van der Waals surface area contributed by atoms with Gasteiger partial charge in [0.15, 0.2) is 0 Å². The highest BCUT2D eigenvalue weighted by atomic mass is 16.3. The summed E-state index contributed by atoms with van der Waals surface area (Å²) in [4.78, 5) is 29.8. The molecule has 0 saturated carbocycles. The van der Waals surface area contributed by atoms with E-state index in [-0.39, 0.29) is 24.1 Å². The molecule has 1 amide bonds. The van der Waals surface area contributed by atoms with Crippen molar-refractivity contribution < 1.29 is 9.90 Å². The fourth-order valence-electron chi connectivity index (χ4n) is 5.94. The molecule has 7 heteroatoms. The highest BCUT2D eigenvalue weighted by Crippen LogP contribution is 2.30. The summed E-state index contributed by atoms with van der Waals surface area (Å²) in [6.07, 6.45) is 3.99. The van der Waals surface area contributed by atoms with Gasteiger partial charge < -0.3 is 20.0 Å². The minimum Gasteiger partial charge on any atom is -0.508 e. The number of benzene rings is 4. The first kappa shape index (κ1) is 25.1. The van der Waals surface area contributed by atoms with E-state index in [1.807, 2.05) is 41.6 Å². The molecule has 0 aliphatic carbocycles. The molecule has 0 bridgehead atoms. The molecule has 6 aromatic rings. The lowest BCUT2D eigenvalue weighted by atomic mass is 10.1. The first-order valence-corrected chi connectivity index (χ1v) is 14.0. The van der Waals surface area contributed by atoms with Gasteiger partial charge in [0, 0.05) is 48.8 Å². The Morgan fingerprint density at radius 3 is 2.63 bits per heavy atom. The SMILES string of the molecule is O=C(Cc1c[nH]c2ccc(O)cc12)N1CCN(Cc2ccccc2)CC1c1ncc(-c2ccc3ccccc3c2)[nH]1. The summed E-state index contributed by atoms with van der Waals surface area (Å²) in [5.41, 5.74) is 5.03. The van der Waals surface area contributed by atoms with Crippen molar-refractivity contribution in [3.8, 4) is 17.0 Å². The predicted molar refractivity (Wildman–Crippen MR) is 161 cm³/mol. The molecule has 7 nitrogen and oxygen atoms in total. The van der Waals surface area contributed by atoms with E-state index in [9.17, 15) is 9.90 Å². The molecule has 4 aromatic carbocycles. The van der Waals surface area contributed by atoms with E-state index in [2.05, 4.69) is 69.5 Å². The highest BCUT2D eigenvalue weighted by molar-refractivity contribution is 5.90. The molecular weight excluding hydrogens is 510 g/mol. The van der Waals surface area contributed by atoms with Crippen LogP contribution in [0.25, 0.3) is 32.9 Å². The third-order valence-electron chi connectivity index (χ3n) is 8.10. The standard InChI is InChI=1S/C34H31N5O2/c40-28-12-13-30-29(18-28)27(19-35-30)17-33(41)39-15-14-38(21-23-6-2-1-3-7-23)22-32(39)34-36-20-31(37-34)26-11-10-24-8-4-5-9-25(24)16-26/h1-13,16,18-20,32,35,40H,14-15,17,21-22H2,(H,36,37). The Kier molecular flexibility index (Phi) is 6.49. The largest absolute Gasteiger partial charge is 0.508 e. The van der Waals surface area contributed by atoms with Gasteiger partial charge in [-0.25, -0.2) is 4.98 Å². The molecule has 3 heterocycles. The summed E-state index contributed by atoms with van der Waals surface area (Å²) in [6, 6.07) is 30.2. The maximum absolute atomic E-state index is 13.9. The summed E-state index contributed by atoms with van der Waals surface area (Å²) < 4.78 is 0. The van der Waals surface area contributed by atoms with E-state index >= 15 is 0 Å². The number of rotatable bonds is 6. The van der Waals surface area contributed by atoms with Crippen molar-refractivity contribution in [2.75, 3.05) is 19.6 Å². The number of phenols is 1. The second-order valence-electron chi connectivity index (χ2n) is 10.8. The molecular formula is C34H31N5O2. The van der Waals surface area contributed by atoms with Gasteiger partial charge in [0.1, 0.15) is 17.6 Å². The van der Waals surface area contributed by atoms with Crippen LogP contribution in [0.2, 0.25) is 0 Å². The Morgan fingerprint density at radius 2 is 1.76 bits per heavy atom. The average Bonchev–Trinajstić information content (AvgIpc) is 3.65. The van der Waals surface area contributed by atoms with Crippen LogP contribution in [-0.2, 0) is 17.8 Å². The van der Waals surface area contributed by atoms with E-state index in [1.54, 1.807) is 12.1 Å². The van der Waals surface area contributed by atoms with E-state index < -0.39 is 0 Å². The lowest BCUT2D eigenvalue weighted by molar-refractivity contribution is -0.136. The van der Waals surface area contributed by atoms with Crippen molar-refractivity contribution in [3.63, 3.8) is 0 Å². The van der Waals surface area contributed by atoms with Gasteiger partial charge in [-0.1, -0.05) is 66.7 Å². The molecule has 7 rings (SSSR count). The molecule has 2 aromatic heterocycles. The molecule has 1 aliphatic heterocycles. The Hall–Kier alpha value is -4.88. The van der Waals surface area contributed by atoms with Gasteiger partial charge in [-0.15, -0.1) is 0 Å². The van der Waals surface area contributed by atoms with E-state index in [0.29, 0.717) is 13.1 Å². The number of hydrogen-bond donors (Lipinski definition) is 3. The number of aromatic nitrogens is 3. The van der Waals surface area contributed by atoms with E-state index in [1.165, 1.54) is 16.3 Å². The number of fused-ring (bicyclic) bond motifs is 2. The minimum atomic E-state index is -0.215. The van der Waals surface area contributed by atoms with Crippen LogP contribution in [0.4, 0.5) is 0 Å². The number of aromatic amines is 2. The van der Waals surface area contributed by atoms with Gasteiger partial charge in [0.25, 0.3) is 0 Å². The third kappa shape index (κ3) is 5.08. The number of hydrogen-bond acceptors (Lipinski definition) is 4. The van der Waals surface area contributed by atoms with Crippen molar-refractivity contribution in [1.29, 1.82) is 0 Å². The zero-order valence-corrected chi connectivity index (χ0v) is 22.6. The maximum Gasteiger partial charge on any atom is 0.227 e. The molecule has 1 aliphatic rings. The average molecular weight is 542 g/mol. The third-order valence-corrected chi connectivity index (χ3v) is 8.10. The van der Waals surface area contributed by atoms with Gasteiger partial charge in [0.05, 0.1) is 18.3 Å². The first-order chi connectivity index (χ1) is 20.1. The van der Waals surface area contributed by atoms with Crippen molar-refractivity contribution in [1.82, 2.24) is 24.8 Å². The molecule has 0 radical (unpaired) electrons. The molecule has 41 heavy (non-hydrogen) atoms. The number of phenolic OH excluding ortho intramolecular Hbond substituents is 1. The molecule has 1 unspecified atom stereocenters. The summed E-state index contributed by atoms with van der Waals surface area (Å²) in [5.74, 6) is 1.02. The zero-order chi connectivity index (χ0) is 27.8. The van der Waals surface area contributed by atoms with Gasteiger partial charge >= 0.3 is 0 Å². The first-order valence-electron chi connectivity index (χ1n) is 14.0. The monoisotopic (exact) mass is 541 g/mol. The topological polar surface area (TPSA) is 88.2 Å². The highest BCUT2D eigenvalue weighted by Gasteiger charge is 2.33. The Labute approximate surface area is 238 Å². The number of imidazole rings is 1. The molecule has 1 fully saturated rings. The minimum absolute atomic E-state index is 0.0438. The summed E-state index contributed by atoms with van der Waals surface area (Å²) in [7, 11) is 0. The maximum atomic E-state index is 13.9. The Bertz CT molecular complexity index is 1840. The number of amides is 1. The molecule has 3 N–H and O–H groups in total. The number of piperazine rings is 1. The number of H-pyrrole nitrogens is 2. The van der Waals surface area contributed by atoms with Gasteiger partial charge in [0.2, 0.25) is 5.91 Å². The molecule has 1 atom stereocenters. The van der Waals surface area contributed by atoms with Crippen molar-refractivity contribution in [3.05, 3.63) is 120 Å². The van der Waals surface area contributed by atoms with E-state index in [0.717, 1.165) is 46.6 Å². The predicted octanol–water partition coefficient (Wildman–Crippen LogP) is 6.05. The van der Waals surface area contributed by atoms with Crippen LogP contribution in [0.15, 0.2) is 103 Å². The van der Waals surface area contributed by atoms with Crippen LogP contribution in [0, 0.1) is 0 Å². The van der Waals surface area contributed by atoms with Crippen LogP contribution >= 0.6 is 0 Å². The molecule has 0 spiro atoms. The van der Waals surface area contributed by atoms with Crippen molar-refractivity contribution in [2.45, 2.75) is 19.0 Å². The van der Waals surface area contributed by atoms with Crippen LogP contribution in [-0.4, -0.2) is 55.4 Å². The molecule has 1 saturated heterocycles. The second-order valence-corrected chi connectivity index (χ2v) is 10.8. The number of aromatic hydroxyl groups is 1. The van der Waals surface area contributed by atoms with Crippen LogP contribution < -0.4 is 0 Å². The quantitative estimate of drug-likeness (QED) is 0.240. The number of nitrogens with zero attached hydrogens (tertiary/aromatic N) is 3. The summed E-state index contributed by atoms with van der Waals surface area (Å²) in [6.45, 7) is 2.89. The Morgan fingerprint density at radius 1 is 0.927 bits per heavy atom. The fourth-order valence-corrected chi connectivity index (χ4v) is 5.94. The van der Waals surface area contributed by atoms with Crippen LogP contribution in [0.3, 0.4) is 0 Å². The van der Waals surface area contributed by atoms with E-state index in [4.69, 9.17) is 4.98 Å². The number of carbonyl (C=O) groups excluding carboxylic acids is 1. The summed E-state index contributed by atoms with van der Waals surface area (Å²) in [5, 5.41) is 13.3. The van der Waals surface area contributed by atoms with Crippen LogP contribution in [0.5, 0.6) is 5.75 Å².